The largest absolute Gasteiger partial charge is 0.427 e. The van der Waals surface area contributed by atoms with Crippen molar-refractivity contribution in [3.05, 3.63) is 45.8 Å². The summed E-state index contributed by atoms with van der Waals surface area (Å²) < 4.78 is 20.2. The van der Waals surface area contributed by atoms with Crippen molar-refractivity contribution in [3.63, 3.8) is 0 Å². The third-order valence-corrected chi connectivity index (χ3v) is 7.35. The Morgan fingerprint density at radius 1 is 0.903 bits per heavy atom. The molecule has 1 aliphatic carbocycles. The maximum Gasteiger partial charge on any atom is 0.346 e. The van der Waals surface area contributed by atoms with Crippen LogP contribution in [0.4, 0.5) is 4.39 Å². The van der Waals surface area contributed by atoms with Gasteiger partial charge >= 0.3 is 5.63 Å². The Morgan fingerprint density at radius 2 is 1.55 bits per heavy atom. The molecule has 0 aliphatic heterocycles. The molecule has 1 fully saturated rings. The molecule has 3 heteroatoms. The third kappa shape index (κ3) is 6.92. The SMILES string of the molecule is CCCCCCCCCC1CCC(CCc2ccc3cc(CC)oc(=O)c3c2F)CC1. The van der Waals surface area contributed by atoms with Crippen LogP contribution in [0, 0.1) is 17.7 Å². The van der Waals surface area contributed by atoms with Crippen molar-refractivity contribution in [1.29, 1.82) is 0 Å². The van der Waals surface area contributed by atoms with Gasteiger partial charge in [-0.25, -0.2) is 9.18 Å². The molecule has 3 rings (SSSR count). The maximum absolute atomic E-state index is 15.0. The van der Waals surface area contributed by atoms with E-state index in [1.807, 2.05) is 19.1 Å². The van der Waals surface area contributed by atoms with Gasteiger partial charge in [-0.1, -0.05) is 103 Å². The molecule has 2 nitrogen and oxygen atoms in total. The Balaban J connectivity index is 1.41. The lowest BCUT2D eigenvalue weighted by Crippen LogP contribution is -2.15. The van der Waals surface area contributed by atoms with Gasteiger partial charge in [0.25, 0.3) is 0 Å². The molecule has 0 N–H and O–H groups in total. The first-order valence-corrected chi connectivity index (χ1v) is 12.9. The van der Waals surface area contributed by atoms with Gasteiger partial charge in [0, 0.05) is 6.42 Å². The Labute approximate surface area is 187 Å². The number of hydrogen-bond donors (Lipinski definition) is 0. The van der Waals surface area contributed by atoms with E-state index in [0.29, 0.717) is 35.5 Å². The summed E-state index contributed by atoms with van der Waals surface area (Å²) in [5.41, 5.74) is 0.119. The van der Waals surface area contributed by atoms with Gasteiger partial charge in [-0.3, -0.25) is 0 Å². The van der Waals surface area contributed by atoms with Gasteiger partial charge in [0.1, 0.15) is 17.0 Å². The molecule has 0 bridgehead atoms. The number of aryl methyl sites for hydroxylation is 2. The van der Waals surface area contributed by atoms with Gasteiger partial charge < -0.3 is 4.42 Å². The predicted molar refractivity (Wildman–Crippen MR) is 128 cm³/mol. The van der Waals surface area contributed by atoms with Crippen LogP contribution in [-0.4, -0.2) is 0 Å². The second-order valence-electron chi connectivity index (χ2n) is 9.69. The Morgan fingerprint density at radius 3 is 2.23 bits per heavy atom. The minimum Gasteiger partial charge on any atom is -0.427 e. The minimum atomic E-state index is -0.542. The van der Waals surface area contributed by atoms with E-state index in [0.717, 1.165) is 12.3 Å². The van der Waals surface area contributed by atoms with Crippen LogP contribution in [0.2, 0.25) is 0 Å². The molecule has 1 heterocycles. The summed E-state index contributed by atoms with van der Waals surface area (Å²) in [5, 5.41) is 0.772. The molecule has 1 aromatic heterocycles. The van der Waals surface area contributed by atoms with Crippen molar-refractivity contribution in [1.82, 2.24) is 0 Å². The van der Waals surface area contributed by atoms with Gasteiger partial charge in [0.2, 0.25) is 0 Å². The fraction of sp³-hybridized carbons (Fsp3) is 0.679. The molecule has 0 radical (unpaired) electrons. The lowest BCUT2D eigenvalue weighted by atomic mass is 9.77. The van der Waals surface area contributed by atoms with E-state index in [1.165, 1.54) is 77.0 Å². The maximum atomic E-state index is 15.0. The molecular formula is C28H41FO2. The second-order valence-corrected chi connectivity index (χ2v) is 9.69. The van der Waals surface area contributed by atoms with E-state index >= 15 is 0 Å². The summed E-state index contributed by atoms with van der Waals surface area (Å²) >= 11 is 0. The molecule has 0 saturated heterocycles. The van der Waals surface area contributed by atoms with E-state index in [1.54, 1.807) is 6.07 Å². The fourth-order valence-electron chi connectivity index (χ4n) is 5.26. The van der Waals surface area contributed by atoms with Crippen molar-refractivity contribution < 1.29 is 8.81 Å². The molecular weight excluding hydrogens is 387 g/mol. The molecule has 0 amide bonds. The van der Waals surface area contributed by atoms with Gasteiger partial charge in [0.05, 0.1) is 0 Å². The van der Waals surface area contributed by atoms with Crippen LogP contribution in [0.1, 0.15) is 109 Å². The summed E-state index contributed by atoms with van der Waals surface area (Å²) in [6.45, 7) is 4.20. The van der Waals surface area contributed by atoms with Crippen LogP contribution in [0.15, 0.2) is 27.4 Å². The zero-order valence-electron chi connectivity index (χ0n) is 19.7. The molecule has 1 aromatic carbocycles. The quantitative estimate of drug-likeness (QED) is 0.318. The van der Waals surface area contributed by atoms with Crippen LogP contribution in [-0.2, 0) is 12.8 Å². The highest BCUT2D eigenvalue weighted by atomic mass is 19.1. The normalized spacial score (nSPS) is 19.2. The monoisotopic (exact) mass is 428 g/mol. The Kier molecular flexibility index (Phi) is 9.61. The number of benzene rings is 1. The topological polar surface area (TPSA) is 30.2 Å². The van der Waals surface area contributed by atoms with E-state index in [-0.39, 0.29) is 11.2 Å². The van der Waals surface area contributed by atoms with E-state index in [9.17, 15) is 9.18 Å². The standard InChI is InChI=1S/C28H41FO2/c1-3-5-6-7-8-9-10-11-21-12-14-22(15-13-21)16-17-23-18-19-24-20-25(4-2)31-28(30)26(24)27(23)29/h18-22H,3-17H2,1-2H3. The third-order valence-electron chi connectivity index (χ3n) is 7.35. The number of unbranched alkanes of at least 4 members (excludes halogenated alkanes) is 6. The van der Waals surface area contributed by atoms with Crippen molar-refractivity contribution in [2.75, 3.05) is 0 Å². The Bertz CT molecular complexity index is 861. The average Bonchev–Trinajstić information content (AvgIpc) is 2.78. The first kappa shape index (κ1) is 24.0. The summed E-state index contributed by atoms with van der Waals surface area (Å²) in [7, 11) is 0. The first-order chi connectivity index (χ1) is 15.1. The highest BCUT2D eigenvalue weighted by molar-refractivity contribution is 5.82. The van der Waals surface area contributed by atoms with Crippen molar-refractivity contribution in [3.8, 4) is 0 Å². The number of halogens is 1. The van der Waals surface area contributed by atoms with E-state index < -0.39 is 5.63 Å². The van der Waals surface area contributed by atoms with Gasteiger partial charge in [-0.15, -0.1) is 0 Å². The minimum absolute atomic E-state index is 0.119. The number of rotatable bonds is 12. The summed E-state index contributed by atoms with van der Waals surface area (Å²) in [6, 6.07) is 5.53. The predicted octanol–water partition coefficient (Wildman–Crippen LogP) is 8.37. The molecule has 2 aromatic rings. The van der Waals surface area contributed by atoms with Gasteiger partial charge in [-0.2, -0.15) is 0 Å². The Hall–Kier alpha value is -1.64. The first-order valence-electron chi connectivity index (χ1n) is 12.9. The molecule has 1 aliphatic rings. The van der Waals surface area contributed by atoms with Crippen LogP contribution in [0.25, 0.3) is 10.8 Å². The van der Waals surface area contributed by atoms with Crippen molar-refractivity contribution in [2.45, 2.75) is 110 Å². The fourth-order valence-corrected chi connectivity index (χ4v) is 5.26. The molecule has 172 valence electrons. The molecule has 1 saturated carbocycles. The molecule has 0 unspecified atom stereocenters. The summed E-state index contributed by atoms with van der Waals surface area (Å²) in [4.78, 5) is 12.2. The highest BCUT2D eigenvalue weighted by Gasteiger charge is 2.21. The average molecular weight is 429 g/mol. The van der Waals surface area contributed by atoms with Crippen molar-refractivity contribution in [2.24, 2.45) is 11.8 Å². The lowest BCUT2D eigenvalue weighted by Gasteiger charge is -2.28. The van der Waals surface area contributed by atoms with Crippen LogP contribution in [0.5, 0.6) is 0 Å². The lowest BCUT2D eigenvalue weighted by molar-refractivity contribution is 0.248. The van der Waals surface area contributed by atoms with Crippen LogP contribution < -0.4 is 5.63 Å². The smallest absolute Gasteiger partial charge is 0.346 e. The zero-order valence-corrected chi connectivity index (χ0v) is 19.7. The van der Waals surface area contributed by atoms with Crippen LogP contribution in [0.3, 0.4) is 0 Å². The zero-order chi connectivity index (χ0) is 22.1. The summed E-state index contributed by atoms with van der Waals surface area (Å²) in [5.74, 6) is 1.83. The van der Waals surface area contributed by atoms with Gasteiger partial charge in [-0.05, 0) is 41.7 Å². The van der Waals surface area contributed by atoms with E-state index in [2.05, 4.69) is 6.92 Å². The second kappa shape index (κ2) is 12.4. The number of fused-ring (bicyclic) bond motifs is 1. The number of hydrogen-bond acceptors (Lipinski definition) is 2. The van der Waals surface area contributed by atoms with Crippen LogP contribution >= 0.6 is 0 Å². The highest BCUT2D eigenvalue weighted by Crippen LogP contribution is 2.34. The van der Waals surface area contributed by atoms with Crippen molar-refractivity contribution >= 4 is 10.8 Å². The van der Waals surface area contributed by atoms with E-state index in [4.69, 9.17) is 4.42 Å². The molecule has 0 atom stereocenters. The molecule has 31 heavy (non-hydrogen) atoms. The molecule has 0 spiro atoms. The van der Waals surface area contributed by atoms with Gasteiger partial charge in [0.15, 0.2) is 0 Å². The summed E-state index contributed by atoms with van der Waals surface area (Å²) in [6.07, 6.45) is 18.7.